The highest BCUT2D eigenvalue weighted by atomic mass is 16.6. The number of rotatable bonds is 6. The van der Waals surface area contributed by atoms with Gasteiger partial charge in [0.25, 0.3) is 23.2 Å². The maximum absolute atomic E-state index is 12.8. The van der Waals surface area contributed by atoms with Crippen LogP contribution in [0.25, 0.3) is 0 Å². The van der Waals surface area contributed by atoms with Gasteiger partial charge in [0.05, 0.1) is 21.2 Å². The maximum atomic E-state index is 12.8. The van der Waals surface area contributed by atoms with Gasteiger partial charge in [0, 0.05) is 34.4 Å². The molecule has 3 rings (SSSR count). The molecule has 2 N–H and O–H groups in total. The van der Waals surface area contributed by atoms with Crippen LogP contribution in [0.15, 0.2) is 60.7 Å². The molecule has 0 radical (unpaired) electrons. The fourth-order valence-electron chi connectivity index (χ4n) is 3.21. The summed E-state index contributed by atoms with van der Waals surface area (Å²) in [7, 11) is 0. The van der Waals surface area contributed by atoms with Crippen molar-refractivity contribution in [3.05, 3.63) is 103 Å². The lowest BCUT2D eigenvalue weighted by molar-refractivity contribution is -0.385. The minimum atomic E-state index is -0.584. The molecule has 0 saturated carbocycles. The van der Waals surface area contributed by atoms with Crippen molar-refractivity contribution >= 4 is 34.6 Å². The van der Waals surface area contributed by atoms with Crippen LogP contribution in [0, 0.1) is 34.1 Å². The van der Waals surface area contributed by atoms with E-state index in [4.69, 9.17) is 0 Å². The Kier molecular flexibility index (Phi) is 6.24. The third-order valence-corrected chi connectivity index (χ3v) is 4.92. The second-order valence-corrected chi connectivity index (χ2v) is 6.87. The van der Waals surface area contributed by atoms with E-state index in [0.717, 1.165) is 0 Å². The number of anilines is 2. The molecule has 3 aromatic rings. The van der Waals surface area contributed by atoms with Crippen LogP contribution in [-0.2, 0) is 0 Å². The summed E-state index contributed by atoms with van der Waals surface area (Å²) in [5.41, 5.74) is 0.831. The molecule has 0 aliphatic heterocycles. The van der Waals surface area contributed by atoms with Crippen molar-refractivity contribution in [2.24, 2.45) is 0 Å². The van der Waals surface area contributed by atoms with E-state index in [9.17, 15) is 29.8 Å². The van der Waals surface area contributed by atoms with Gasteiger partial charge in [-0.2, -0.15) is 0 Å². The zero-order valence-electron chi connectivity index (χ0n) is 17.1. The van der Waals surface area contributed by atoms with Gasteiger partial charge in [-0.25, -0.2) is 0 Å². The van der Waals surface area contributed by atoms with Crippen molar-refractivity contribution in [1.82, 2.24) is 0 Å². The summed E-state index contributed by atoms with van der Waals surface area (Å²) in [6.45, 7) is 2.96. The van der Waals surface area contributed by atoms with Gasteiger partial charge < -0.3 is 10.6 Å². The molecule has 162 valence electrons. The highest BCUT2D eigenvalue weighted by molar-refractivity contribution is 6.11. The van der Waals surface area contributed by atoms with Gasteiger partial charge in [-0.05, 0) is 38.1 Å². The second-order valence-electron chi connectivity index (χ2n) is 6.87. The number of nitro benzene ring substituents is 2. The lowest BCUT2D eigenvalue weighted by Crippen LogP contribution is -2.18. The lowest BCUT2D eigenvalue weighted by atomic mass is 10.1. The average Bonchev–Trinajstić information content (AvgIpc) is 2.74. The van der Waals surface area contributed by atoms with Crippen LogP contribution >= 0.6 is 0 Å². The summed E-state index contributed by atoms with van der Waals surface area (Å²) in [4.78, 5) is 46.7. The molecular weight excluding hydrogens is 416 g/mol. The van der Waals surface area contributed by atoms with Crippen molar-refractivity contribution in [3.63, 3.8) is 0 Å². The summed E-state index contributed by atoms with van der Waals surface area (Å²) in [6, 6.07) is 14.8. The largest absolute Gasteiger partial charge is 0.320 e. The Morgan fingerprint density at radius 2 is 1.03 bits per heavy atom. The van der Waals surface area contributed by atoms with E-state index in [0.29, 0.717) is 0 Å². The minimum absolute atomic E-state index is 0.120. The fraction of sp³-hybridized carbons (Fsp3) is 0.0909. The molecule has 0 spiro atoms. The van der Waals surface area contributed by atoms with Gasteiger partial charge in [0.15, 0.2) is 0 Å². The monoisotopic (exact) mass is 434 g/mol. The summed E-state index contributed by atoms with van der Waals surface area (Å²) < 4.78 is 0. The predicted molar refractivity (Wildman–Crippen MR) is 118 cm³/mol. The number of hydrogen-bond acceptors (Lipinski definition) is 6. The summed E-state index contributed by atoms with van der Waals surface area (Å²) >= 11 is 0. The van der Waals surface area contributed by atoms with Crippen molar-refractivity contribution in [2.45, 2.75) is 13.8 Å². The number of amides is 2. The van der Waals surface area contributed by atoms with Gasteiger partial charge in [0.2, 0.25) is 0 Å². The SMILES string of the molecule is Cc1c(C(=O)Nc2ccccc2NC(=O)c2cccc([N+](=O)[O-])c2C)cccc1[N+](=O)[O-]. The zero-order valence-corrected chi connectivity index (χ0v) is 17.1. The Morgan fingerprint density at radius 1 is 0.656 bits per heavy atom. The molecule has 0 heterocycles. The molecule has 0 atom stereocenters. The highest BCUT2D eigenvalue weighted by Crippen LogP contribution is 2.27. The number of nitrogens with zero attached hydrogens (tertiary/aromatic N) is 2. The van der Waals surface area contributed by atoms with Gasteiger partial charge in [0.1, 0.15) is 0 Å². The van der Waals surface area contributed by atoms with Crippen LogP contribution in [0.1, 0.15) is 31.8 Å². The van der Waals surface area contributed by atoms with Crippen molar-refractivity contribution < 1.29 is 19.4 Å². The Hall–Kier alpha value is -4.60. The molecular formula is C22H18N4O6. The Balaban J connectivity index is 1.88. The molecule has 0 saturated heterocycles. The molecule has 2 amide bonds. The molecule has 0 unspecified atom stereocenters. The van der Waals surface area contributed by atoms with Gasteiger partial charge in [-0.15, -0.1) is 0 Å². The first-order valence-electron chi connectivity index (χ1n) is 9.40. The van der Waals surface area contributed by atoms with E-state index in [1.54, 1.807) is 24.3 Å². The summed E-state index contributed by atoms with van der Waals surface area (Å²) in [5, 5.41) is 27.6. The second kappa shape index (κ2) is 9.04. The molecule has 0 aliphatic carbocycles. The fourth-order valence-corrected chi connectivity index (χ4v) is 3.21. The van der Waals surface area contributed by atoms with Crippen molar-refractivity contribution in [3.8, 4) is 0 Å². The van der Waals surface area contributed by atoms with Crippen LogP contribution in [0.5, 0.6) is 0 Å². The maximum Gasteiger partial charge on any atom is 0.273 e. The van der Waals surface area contributed by atoms with Crippen LogP contribution in [0.4, 0.5) is 22.7 Å². The molecule has 10 heteroatoms. The van der Waals surface area contributed by atoms with Crippen LogP contribution in [0.2, 0.25) is 0 Å². The normalized spacial score (nSPS) is 10.3. The lowest BCUT2D eigenvalue weighted by Gasteiger charge is -2.14. The van der Waals surface area contributed by atoms with Crippen LogP contribution in [-0.4, -0.2) is 21.7 Å². The third-order valence-electron chi connectivity index (χ3n) is 4.92. The quantitative estimate of drug-likeness (QED) is 0.428. The number of nitrogens with one attached hydrogen (secondary N) is 2. The zero-order chi connectivity index (χ0) is 23.4. The smallest absolute Gasteiger partial charge is 0.273 e. The molecule has 3 aromatic carbocycles. The van der Waals surface area contributed by atoms with Crippen LogP contribution < -0.4 is 10.6 Å². The van der Waals surface area contributed by atoms with E-state index >= 15 is 0 Å². The summed E-state index contributed by atoms with van der Waals surface area (Å²) in [6.07, 6.45) is 0. The first-order chi connectivity index (χ1) is 15.2. The third kappa shape index (κ3) is 4.43. The van der Waals surface area contributed by atoms with E-state index in [-0.39, 0.29) is 45.0 Å². The molecule has 0 fully saturated rings. The Bertz CT molecular complexity index is 1160. The Morgan fingerprint density at radius 3 is 1.38 bits per heavy atom. The van der Waals surface area contributed by atoms with Crippen LogP contribution in [0.3, 0.4) is 0 Å². The highest BCUT2D eigenvalue weighted by Gasteiger charge is 2.21. The molecule has 32 heavy (non-hydrogen) atoms. The molecule has 0 bridgehead atoms. The van der Waals surface area contributed by atoms with Gasteiger partial charge >= 0.3 is 0 Å². The number of para-hydroxylation sites is 2. The number of carbonyl (C=O) groups excluding carboxylic acids is 2. The molecule has 0 aromatic heterocycles. The predicted octanol–water partition coefficient (Wildman–Crippen LogP) is 4.62. The Labute approximate surface area is 182 Å². The first kappa shape index (κ1) is 22.1. The van der Waals surface area contributed by atoms with E-state index < -0.39 is 21.7 Å². The average molecular weight is 434 g/mol. The molecule has 10 nitrogen and oxygen atoms in total. The number of benzene rings is 3. The van der Waals surface area contributed by atoms with E-state index in [2.05, 4.69) is 10.6 Å². The van der Waals surface area contributed by atoms with Gasteiger partial charge in [-0.3, -0.25) is 29.8 Å². The summed E-state index contributed by atoms with van der Waals surface area (Å²) in [5.74, 6) is -1.17. The van der Waals surface area contributed by atoms with Crippen molar-refractivity contribution in [1.29, 1.82) is 0 Å². The van der Waals surface area contributed by atoms with Crippen molar-refractivity contribution in [2.75, 3.05) is 10.6 Å². The minimum Gasteiger partial charge on any atom is -0.320 e. The topological polar surface area (TPSA) is 144 Å². The standard InChI is InChI=1S/C22H18N4O6/c1-13-15(7-5-11-19(13)25(29)30)21(27)23-17-9-3-4-10-18(17)24-22(28)16-8-6-12-20(14(16)2)26(31)32/h3-12H,1-2H3,(H,23,27)(H,24,28). The van der Waals surface area contributed by atoms with E-state index in [1.807, 2.05) is 0 Å². The number of hydrogen-bond donors (Lipinski definition) is 2. The number of nitro groups is 2. The first-order valence-corrected chi connectivity index (χ1v) is 9.40. The van der Waals surface area contributed by atoms with Gasteiger partial charge in [-0.1, -0.05) is 24.3 Å². The number of carbonyl (C=O) groups is 2. The molecule has 0 aliphatic rings. The van der Waals surface area contributed by atoms with E-state index in [1.165, 1.54) is 50.2 Å².